The maximum Gasteiger partial charge on any atom is 0.0116 e. The Morgan fingerprint density at radius 3 is 2.33 bits per heavy atom. The van der Waals surface area contributed by atoms with Crippen LogP contribution in [0.15, 0.2) is 0 Å². The quantitative estimate of drug-likeness (QED) is 0.808. The fourth-order valence-electron chi connectivity index (χ4n) is 3.97. The summed E-state index contributed by atoms with van der Waals surface area (Å²) in [7, 11) is 6.49. The van der Waals surface area contributed by atoms with Crippen molar-refractivity contribution in [1.29, 1.82) is 0 Å². The van der Waals surface area contributed by atoms with Crippen LogP contribution in [0.2, 0.25) is 0 Å². The molecule has 3 atom stereocenters. The Labute approximate surface area is 113 Å². The Morgan fingerprint density at radius 2 is 1.83 bits per heavy atom. The van der Waals surface area contributed by atoms with E-state index in [4.69, 9.17) is 0 Å². The van der Waals surface area contributed by atoms with Gasteiger partial charge in [0.1, 0.15) is 0 Å². The molecule has 0 spiro atoms. The minimum Gasteiger partial charge on any atom is -0.317 e. The highest BCUT2D eigenvalue weighted by Gasteiger charge is 2.39. The molecular formula is C15H31N3. The number of hydrogen-bond donors (Lipinski definition) is 1. The van der Waals surface area contributed by atoms with Gasteiger partial charge in [0, 0.05) is 24.2 Å². The monoisotopic (exact) mass is 253 g/mol. The Morgan fingerprint density at radius 1 is 1.22 bits per heavy atom. The molecule has 106 valence electrons. The first-order chi connectivity index (χ1) is 8.61. The minimum absolute atomic E-state index is 0.750. The number of hydrogen-bond acceptors (Lipinski definition) is 3. The third-order valence-corrected chi connectivity index (χ3v) is 4.94. The van der Waals surface area contributed by atoms with Gasteiger partial charge in [0.2, 0.25) is 0 Å². The molecule has 3 heteroatoms. The topological polar surface area (TPSA) is 18.5 Å². The number of fused-ring (bicyclic) bond motifs is 2. The summed E-state index contributed by atoms with van der Waals surface area (Å²) in [6, 6.07) is 3.19. The van der Waals surface area contributed by atoms with Gasteiger partial charge in [0.15, 0.2) is 0 Å². The molecule has 0 aromatic rings. The lowest BCUT2D eigenvalue weighted by atomic mass is 9.80. The third kappa shape index (κ3) is 3.25. The zero-order valence-corrected chi connectivity index (χ0v) is 12.7. The highest BCUT2D eigenvalue weighted by atomic mass is 15.2. The molecule has 0 amide bonds. The summed E-state index contributed by atoms with van der Waals surface area (Å²) in [5, 5.41) is 3.51. The fraction of sp³-hybridized carbons (Fsp3) is 1.00. The van der Waals surface area contributed by atoms with Crippen LogP contribution in [0.5, 0.6) is 0 Å². The number of nitrogens with zero attached hydrogens (tertiary/aromatic N) is 2. The molecule has 2 heterocycles. The second-order valence-electron chi connectivity index (χ2n) is 6.58. The molecule has 0 aliphatic carbocycles. The van der Waals surface area contributed by atoms with E-state index in [1.165, 1.54) is 45.1 Å². The van der Waals surface area contributed by atoms with Crippen molar-refractivity contribution in [1.82, 2.24) is 15.1 Å². The lowest BCUT2D eigenvalue weighted by Gasteiger charge is -2.51. The molecular weight excluding hydrogens is 222 g/mol. The molecule has 0 aromatic carbocycles. The van der Waals surface area contributed by atoms with Gasteiger partial charge in [-0.05, 0) is 66.7 Å². The van der Waals surface area contributed by atoms with Crippen molar-refractivity contribution in [3.63, 3.8) is 0 Å². The van der Waals surface area contributed by atoms with Crippen LogP contribution in [0.4, 0.5) is 0 Å². The lowest BCUT2D eigenvalue weighted by Crippen LogP contribution is -2.58. The van der Waals surface area contributed by atoms with Crippen molar-refractivity contribution in [2.45, 2.75) is 69.6 Å². The van der Waals surface area contributed by atoms with E-state index >= 15 is 0 Å². The van der Waals surface area contributed by atoms with Crippen LogP contribution in [-0.2, 0) is 0 Å². The van der Waals surface area contributed by atoms with Crippen LogP contribution >= 0.6 is 0 Å². The van der Waals surface area contributed by atoms with Gasteiger partial charge in [-0.3, -0.25) is 4.90 Å². The minimum atomic E-state index is 0.750. The van der Waals surface area contributed by atoms with Gasteiger partial charge >= 0.3 is 0 Å². The van der Waals surface area contributed by atoms with Crippen LogP contribution in [0.3, 0.4) is 0 Å². The predicted octanol–water partition coefficient (Wildman–Crippen LogP) is 1.93. The van der Waals surface area contributed by atoms with Crippen LogP contribution in [-0.4, -0.2) is 61.7 Å². The smallest absolute Gasteiger partial charge is 0.0116 e. The van der Waals surface area contributed by atoms with Crippen molar-refractivity contribution in [2.75, 3.05) is 27.7 Å². The van der Waals surface area contributed by atoms with E-state index in [1.807, 2.05) is 0 Å². The molecule has 2 aliphatic rings. The SMILES string of the molecule is CNC1CC2CCCC(C1)N2C(C)CCN(C)C. The third-order valence-electron chi connectivity index (χ3n) is 4.94. The second-order valence-corrected chi connectivity index (χ2v) is 6.58. The van der Waals surface area contributed by atoms with Crippen molar-refractivity contribution in [3.05, 3.63) is 0 Å². The first kappa shape index (κ1) is 14.3. The normalized spacial score (nSPS) is 34.8. The maximum atomic E-state index is 3.51. The van der Waals surface area contributed by atoms with Crippen molar-refractivity contribution < 1.29 is 0 Å². The molecule has 2 aliphatic heterocycles. The number of nitrogens with one attached hydrogen (secondary N) is 1. The van der Waals surface area contributed by atoms with Crippen LogP contribution in [0.25, 0.3) is 0 Å². The highest BCUT2D eigenvalue weighted by Crippen LogP contribution is 2.36. The molecule has 1 N–H and O–H groups in total. The van der Waals surface area contributed by atoms with E-state index in [1.54, 1.807) is 0 Å². The van der Waals surface area contributed by atoms with E-state index in [-0.39, 0.29) is 0 Å². The average molecular weight is 253 g/mol. The average Bonchev–Trinajstić information content (AvgIpc) is 2.34. The van der Waals surface area contributed by atoms with E-state index in [2.05, 4.69) is 43.2 Å². The second kappa shape index (κ2) is 6.36. The van der Waals surface area contributed by atoms with E-state index in [0.29, 0.717) is 0 Å². The Bertz CT molecular complexity index is 240. The fourth-order valence-corrected chi connectivity index (χ4v) is 3.97. The Balaban J connectivity index is 1.95. The molecule has 2 fully saturated rings. The summed E-state index contributed by atoms with van der Waals surface area (Å²) in [6.07, 6.45) is 8.31. The highest BCUT2D eigenvalue weighted by molar-refractivity contribution is 4.96. The largest absolute Gasteiger partial charge is 0.317 e. The lowest BCUT2D eigenvalue weighted by molar-refractivity contribution is -0.00820. The van der Waals surface area contributed by atoms with Gasteiger partial charge in [-0.25, -0.2) is 0 Å². The molecule has 3 nitrogen and oxygen atoms in total. The summed E-state index contributed by atoms with van der Waals surface area (Å²) in [5.41, 5.74) is 0. The molecule has 3 unspecified atom stereocenters. The van der Waals surface area contributed by atoms with Gasteiger partial charge in [-0.1, -0.05) is 6.42 Å². The number of rotatable bonds is 5. The van der Waals surface area contributed by atoms with Gasteiger partial charge in [0.05, 0.1) is 0 Å². The first-order valence-electron chi connectivity index (χ1n) is 7.71. The molecule has 0 saturated carbocycles. The maximum absolute atomic E-state index is 3.51. The molecule has 2 saturated heterocycles. The summed E-state index contributed by atoms with van der Waals surface area (Å²) in [5.74, 6) is 0. The standard InChI is InChI=1S/C15H31N3/c1-12(8-9-17(3)4)18-14-6-5-7-15(18)11-13(10-14)16-2/h12-16H,5-11H2,1-4H3. The van der Waals surface area contributed by atoms with Crippen molar-refractivity contribution >= 4 is 0 Å². The van der Waals surface area contributed by atoms with Gasteiger partial charge < -0.3 is 10.2 Å². The summed E-state index contributed by atoms with van der Waals surface area (Å²) >= 11 is 0. The van der Waals surface area contributed by atoms with E-state index in [0.717, 1.165) is 24.2 Å². The van der Waals surface area contributed by atoms with Crippen LogP contribution < -0.4 is 5.32 Å². The van der Waals surface area contributed by atoms with Crippen molar-refractivity contribution in [2.24, 2.45) is 0 Å². The molecule has 18 heavy (non-hydrogen) atoms. The Hall–Kier alpha value is -0.120. The van der Waals surface area contributed by atoms with Gasteiger partial charge in [-0.2, -0.15) is 0 Å². The zero-order valence-electron chi connectivity index (χ0n) is 12.7. The van der Waals surface area contributed by atoms with E-state index < -0.39 is 0 Å². The molecule has 2 rings (SSSR count). The summed E-state index contributed by atoms with van der Waals surface area (Å²) < 4.78 is 0. The van der Waals surface area contributed by atoms with Gasteiger partial charge in [-0.15, -0.1) is 0 Å². The molecule has 0 aromatic heterocycles. The molecule has 2 bridgehead atoms. The van der Waals surface area contributed by atoms with Crippen LogP contribution in [0, 0.1) is 0 Å². The predicted molar refractivity (Wildman–Crippen MR) is 78.0 cm³/mol. The van der Waals surface area contributed by atoms with Gasteiger partial charge in [0.25, 0.3) is 0 Å². The zero-order chi connectivity index (χ0) is 13.1. The van der Waals surface area contributed by atoms with Crippen molar-refractivity contribution in [3.8, 4) is 0 Å². The summed E-state index contributed by atoms with van der Waals surface area (Å²) in [6.45, 7) is 3.65. The summed E-state index contributed by atoms with van der Waals surface area (Å²) in [4.78, 5) is 5.17. The Kier molecular flexibility index (Phi) is 5.05. The van der Waals surface area contributed by atoms with Crippen LogP contribution in [0.1, 0.15) is 45.4 Å². The number of piperidine rings is 2. The first-order valence-corrected chi connectivity index (χ1v) is 7.71. The molecule has 0 radical (unpaired) electrons. The van der Waals surface area contributed by atoms with E-state index in [9.17, 15) is 0 Å².